The van der Waals surface area contributed by atoms with Crippen LogP contribution in [0.1, 0.15) is 56.3 Å². The van der Waals surface area contributed by atoms with Crippen molar-refractivity contribution in [1.82, 2.24) is 9.55 Å². The fourth-order valence-electron chi connectivity index (χ4n) is 4.52. The van der Waals surface area contributed by atoms with Gasteiger partial charge in [0.05, 0.1) is 28.5 Å². The number of para-hydroxylation sites is 1. The predicted molar refractivity (Wildman–Crippen MR) is 139 cm³/mol. The summed E-state index contributed by atoms with van der Waals surface area (Å²) in [6, 6.07) is 15.5. The number of benzene rings is 2. The molecule has 0 unspecified atom stereocenters. The Hall–Kier alpha value is -3.71. The number of fused-ring (bicyclic) bond motifs is 2. The van der Waals surface area contributed by atoms with Gasteiger partial charge in [-0.1, -0.05) is 67.6 Å². The summed E-state index contributed by atoms with van der Waals surface area (Å²) in [5.41, 5.74) is 4.79. The van der Waals surface area contributed by atoms with Gasteiger partial charge in [0.25, 0.3) is 5.56 Å². The molecule has 1 aliphatic rings. The maximum Gasteiger partial charge on any atom is 0.338 e. The van der Waals surface area contributed by atoms with Crippen molar-refractivity contribution in [3.05, 3.63) is 102 Å². The van der Waals surface area contributed by atoms with E-state index in [1.807, 2.05) is 48.7 Å². The molecule has 3 heterocycles. The Morgan fingerprint density at radius 3 is 2.66 bits per heavy atom. The average molecular weight is 486 g/mol. The van der Waals surface area contributed by atoms with Crippen LogP contribution >= 0.6 is 11.3 Å². The normalized spacial score (nSPS) is 16.0. The summed E-state index contributed by atoms with van der Waals surface area (Å²) in [5.74, 6) is -0.0680. The van der Waals surface area contributed by atoms with Gasteiger partial charge in [-0.3, -0.25) is 9.36 Å². The molecule has 6 nitrogen and oxygen atoms in total. The topological polar surface area (TPSA) is 76.4 Å². The van der Waals surface area contributed by atoms with Crippen molar-refractivity contribution in [2.45, 2.75) is 39.7 Å². The van der Waals surface area contributed by atoms with Crippen molar-refractivity contribution in [3.8, 4) is 0 Å². The second-order valence-electron chi connectivity index (χ2n) is 8.91. The second-order valence-corrected chi connectivity index (χ2v) is 9.92. The summed E-state index contributed by atoms with van der Waals surface area (Å²) < 4.78 is 7.58. The van der Waals surface area contributed by atoms with E-state index in [0.29, 0.717) is 26.5 Å². The molecule has 0 amide bonds. The van der Waals surface area contributed by atoms with Crippen molar-refractivity contribution in [1.29, 1.82) is 0 Å². The summed E-state index contributed by atoms with van der Waals surface area (Å²) in [6.45, 7) is 8.10. The molecule has 178 valence electrons. The maximum absolute atomic E-state index is 13.8. The van der Waals surface area contributed by atoms with Crippen molar-refractivity contribution >= 4 is 34.3 Å². The zero-order valence-electron chi connectivity index (χ0n) is 20.2. The van der Waals surface area contributed by atoms with E-state index >= 15 is 0 Å². The number of carbonyl (C=O) groups excluding carboxylic acids is 1. The molecule has 0 fully saturated rings. The van der Waals surface area contributed by atoms with Crippen LogP contribution in [0.4, 0.5) is 0 Å². The Balaban J connectivity index is 1.72. The third-order valence-corrected chi connectivity index (χ3v) is 7.33. The van der Waals surface area contributed by atoms with Crippen molar-refractivity contribution in [2.75, 3.05) is 6.61 Å². The lowest BCUT2D eigenvalue weighted by molar-refractivity contribution is -0.139. The Morgan fingerprint density at radius 2 is 1.94 bits per heavy atom. The second kappa shape index (κ2) is 9.15. The fourth-order valence-corrected chi connectivity index (χ4v) is 5.56. The molecule has 35 heavy (non-hydrogen) atoms. The summed E-state index contributed by atoms with van der Waals surface area (Å²) in [6.07, 6.45) is 3.80. The Labute approximate surface area is 206 Å². The number of H-pyrrole nitrogens is 1. The monoisotopic (exact) mass is 485 g/mol. The lowest BCUT2D eigenvalue weighted by Crippen LogP contribution is -2.39. The first-order valence-corrected chi connectivity index (χ1v) is 12.6. The molecular weight excluding hydrogens is 458 g/mol. The number of hydrogen-bond donors (Lipinski definition) is 1. The van der Waals surface area contributed by atoms with Crippen molar-refractivity contribution in [3.63, 3.8) is 0 Å². The van der Waals surface area contributed by atoms with Crippen molar-refractivity contribution < 1.29 is 9.53 Å². The molecule has 2 aromatic heterocycles. The van der Waals surface area contributed by atoms with Gasteiger partial charge in [0.2, 0.25) is 0 Å². The quantitative estimate of drug-likeness (QED) is 0.426. The SMILES string of the molecule is CCOC(=O)C1=C(C)N=c2s/c(=C/c3c[nH]c4ccccc34)c(=O)n2[C@@H]1c1ccc(C(C)C)cc1. The molecule has 0 spiro atoms. The van der Waals surface area contributed by atoms with Crippen LogP contribution < -0.4 is 14.9 Å². The van der Waals surface area contributed by atoms with E-state index in [9.17, 15) is 9.59 Å². The Kier molecular flexibility index (Phi) is 6.03. The highest BCUT2D eigenvalue weighted by Gasteiger charge is 2.33. The van der Waals surface area contributed by atoms with Gasteiger partial charge < -0.3 is 9.72 Å². The molecule has 1 atom stereocenters. The van der Waals surface area contributed by atoms with Gasteiger partial charge in [0.15, 0.2) is 4.80 Å². The molecule has 1 aliphatic heterocycles. The molecule has 7 heteroatoms. The number of rotatable bonds is 5. The number of carbonyl (C=O) groups is 1. The number of aromatic amines is 1. The first-order chi connectivity index (χ1) is 16.9. The average Bonchev–Trinajstić information content (AvgIpc) is 3.39. The number of nitrogens with zero attached hydrogens (tertiary/aromatic N) is 2. The van der Waals surface area contributed by atoms with Gasteiger partial charge in [0.1, 0.15) is 0 Å². The number of allylic oxidation sites excluding steroid dienone is 1. The van der Waals surface area contributed by atoms with Crippen LogP contribution in [-0.4, -0.2) is 22.1 Å². The summed E-state index contributed by atoms with van der Waals surface area (Å²) >= 11 is 1.33. The Morgan fingerprint density at radius 1 is 1.20 bits per heavy atom. The number of nitrogens with one attached hydrogen (secondary N) is 1. The molecule has 5 rings (SSSR count). The molecular formula is C28H27N3O3S. The maximum atomic E-state index is 13.8. The first kappa shape index (κ1) is 23.1. The van der Waals surface area contributed by atoms with Gasteiger partial charge >= 0.3 is 5.97 Å². The van der Waals surface area contributed by atoms with Crippen LogP contribution in [0.5, 0.6) is 0 Å². The minimum Gasteiger partial charge on any atom is -0.463 e. The molecule has 0 bridgehead atoms. The molecule has 2 aromatic carbocycles. The largest absolute Gasteiger partial charge is 0.463 e. The minimum atomic E-state index is -0.600. The number of hydrogen-bond acceptors (Lipinski definition) is 5. The lowest BCUT2D eigenvalue weighted by atomic mass is 9.93. The van der Waals surface area contributed by atoms with E-state index in [2.05, 4.69) is 36.0 Å². The van der Waals surface area contributed by atoms with Gasteiger partial charge in [-0.15, -0.1) is 0 Å². The van der Waals surface area contributed by atoms with Crippen LogP contribution in [0.15, 0.2) is 75.8 Å². The van der Waals surface area contributed by atoms with E-state index in [1.165, 1.54) is 16.9 Å². The number of aromatic nitrogens is 2. The zero-order valence-corrected chi connectivity index (χ0v) is 21.0. The fraction of sp³-hybridized carbons (Fsp3) is 0.250. The molecule has 0 saturated carbocycles. The lowest BCUT2D eigenvalue weighted by Gasteiger charge is -2.25. The Bertz CT molecular complexity index is 1640. The van der Waals surface area contributed by atoms with Gasteiger partial charge in [-0.2, -0.15) is 0 Å². The highest BCUT2D eigenvalue weighted by atomic mass is 32.1. The van der Waals surface area contributed by atoms with E-state index in [0.717, 1.165) is 22.0 Å². The highest BCUT2D eigenvalue weighted by Crippen LogP contribution is 2.31. The van der Waals surface area contributed by atoms with Gasteiger partial charge in [-0.05, 0) is 43.0 Å². The standard InChI is InChI=1S/C28H27N3O3S/c1-5-34-27(33)24-17(4)30-28-31(25(24)19-12-10-18(11-13-19)16(2)3)26(32)23(35-28)14-20-15-29-22-9-7-6-8-21(20)22/h6-16,25,29H,5H2,1-4H3/b23-14+/t25-/m1/s1. The first-order valence-electron chi connectivity index (χ1n) is 11.7. The summed E-state index contributed by atoms with van der Waals surface area (Å²) in [7, 11) is 0. The van der Waals surface area contributed by atoms with Crippen LogP contribution in [0.3, 0.4) is 0 Å². The van der Waals surface area contributed by atoms with E-state index in [1.54, 1.807) is 18.4 Å². The number of thiazole rings is 1. The third-order valence-electron chi connectivity index (χ3n) is 6.34. The van der Waals surface area contributed by atoms with Crippen LogP contribution in [-0.2, 0) is 9.53 Å². The van der Waals surface area contributed by atoms with E-state index in [4.69, 9.17) is 4.74 Å². The number of ether oxygens (including phenoxy) is 1. The summed E-state index contributed by atoms with van der Waals surface area (Å²) in [4.78, 5) is 35.3. The smallest absolute Gasteiger partial charge is 0.338 e. The number of esters is 1. The molecule has 0 saturated heterocycles. The van der Waals surface area contributed by atoms with Crippen LogP contribution in [0.25, 0.3) is 17.0 Å². The van der Waals surface area contributed by atoms with Gasteiger partial charge in [0, 0.05) is 22.7 Å². The molecule has 1 N–H and O–H groups in total. The van der Waals surface area contributed by atoms with Crippen LogP contribution in [0.2, 0.25) is 0 Å². The zero-order chi connectivity index (χ0) is 24.7. The molecule has 0 aliphatic carbocycles. The van der Waals surface area contributed by atoms with Crippen molar-refractivity contribution in [2.24, 2.45) is 4.99 Å². The predicted octanol–water partition coefficient (Wildman–Crippen LogP) is 4.40. The third kappa shape index (κ3) is 4.06. The van der Waals surface area contributed by atoms with E-state index < -0.39 is 12.0 Å². The highest BCUT2D eigenvalue weighted by molar-refractivity contribution is 7.07. The van der Waals surface area contributed by atoms with Crippen LogP contribution in [0, 0.1) is 0 Å². The molecule has 0 radical (unpaired) electrons. The van der Waals surface area contributed by atoms with E-state index in [-0.39, 0.29) is 12.2 Å². The molecule has 4 aromatic rings. The summed E-state index contributed by atoms with van der Waals surface area (Å²) in [5, 5.41) is 1.04. The van der Waals surface area contributed by atoms with Gasteiger partial charge in [-0.25, -0.2) is 9.79 Å². The minimum absolute atomic E-state index is 0.175.